The lowest BCUT2D eigenvalue weighted by molar-refractivity contribution is -0.124. The van der Waals surface area contributed by atoms with Crippen LogP contribution in [0.2, 0.25) is 0 Å². The third-order valence-corrected chi connectivity index (χ3v) is 7.64. The van der Waals surface area contributed by atoms with Crippen molar-refractivity contribution in [1.82, 2.24) is 0 Å². The minimum absolute atomic E-state index is 0.384. The zero-order valence-electron chi connectivity index (χ0n) is 17.1. The number of rotatable bonds is 4. The molecule has 6 atom stereocenters. The molecule has 0 saturated heterocycles. The molecule has 0 spiro atoms. The van der Waals surface area contributed by atoms with Gasteiger partial charge in [0, 0.05) is 24.7 Å². The highest BCUT2D eigenvalue weighted by Gasteiger charge is 2.45. The van der Waals surface area contributed by atoms with E-state index in [0.717, 1.165) is 31.1 Å². The molecule has 2 heteroatoms. The molecule has 4 aliphatic carbocycles. The van der Waals surface area contributed by atoms with E-state index in [2.05, 4.69) is 26.0 Å². The topological polar surface area (TPSA) is 34.1 Å². The first-order valence-electron chi connectivity index (χ1n) is 10.9. The summed E-state index contributed by atoms with van der Waals surface area (Å²) in [6, 6.07) is 0. The largest absolute Gasteiger partial charge is 0.299 e. The first-order valence-corrected chi connectivity index (χ1v) is 10.9. The fourth-order valence-electron chi connectivity index (χ4n) is 6.29. The van der Waals surface area contributed by atoms with E-state index in [-0.39, 0.29) is 0 Å². The Morgan fingerprint density at radius 2 is 1.50 bits per heavy atom. The van der Waals surface area contributed by atoms with Crippen molar-refractivity contribution >= 4 is 11.6 Å². The van der Waals surface area contributed by atoms with Crippen molar-refractivity contribution in [3.05, 3.63) is 23.3 Å². The van der Waals surface area contributed by atoms with Gasteiger partial charge < -0.3 is 0 Å². The van der Waals surface area contributed by atoms with Gasteiger partial charge in [0.25, 0.3) is 0 Å². The van der Waals surface area contributed by atoms with E-state index in [1.54, 1.807) is 11.1 Å². The number of hydrogen-bond acceptors (Lipinski definition) is 2. The standard InChI is InChI=1S/2C12H18O/c1-3-9-5-8-6-10(9)11(7-8)12(13)4-2;1-3-8-5-10-6-9(8)7-11(10)12(13)4-2/h3,8,10-11H,4-7H2,1-2H3;3,9-11H,4-7H2,1-2H3. The summed E-state index contributed by atoms with van der Waals surface area (Å²) in [6.45, 7) is 8.23. The SMILES string of the molecule is CC=C1CC2CC(C(=O)CC)C1C2.CC=C1CC2CC1CC2C(=O)CC. The molecule has 4 aliphatic rings. The summed E-state index contributed by atoms with van der Waals surface area (Å²) in [5.74, 6) is 4.71. The highest BCUT2D eigenvalue weighted by atomic mass is 16.1. The monoisotopic (exact) mass is 356 g/mol. The molecule has 0 heterocycles. The number of carbonyl (C=O) groups is 2. The first-order chi connectivity index (χ1) is 12.5. The van der Waals surface area contributed by atoms with Crippen molar-refractivity contribution in [2.75, 3.05) is 0 Å². The van der Waals surface area contributed by atoms with E-state index in [4.69, 9.17) is 0 Å². The van der Waals surface area contributed by atoms with Gasteiger partial charge in [-0.15, -0.1) is 0 Å². The van der Waals surface area contributed by atoms with Crippen molar-refractivity contribution in [3.63, 3.8) is 0 Å². The lowest BCUT2D eigenvalue weighted by Crippen LogP contribution is -2.21. The Bertz CT molecular complexity index is 612. The normalized spacial score (nSPS) is 40.2. The van der Waals surface area contributed by atoms with E-state index >= 15 is 0 Å². The molecule has 0 aromatic heterocycles. The van der Waals surface area contributed by atoms with Crippen molar-refractivity contribution in [2.24, 2.45) is 35.5 Å². The van der Waals surface area contributed by atoms with Gasteiger partial charge in [0.1, 0.15) is 11.6 Å². The predicted molar refractivity (Wildman–Crippen MR) is 107 cm³/mol. The third-order valence-electron chi connectivity index (χ3n) is 7.64. The highest BCUT2D eigenvalue weighted by Crippen LogP contribution is 2.52. The molecule has 6 unspecified atom stereocenters. The zero-order chi connectivity index (χ0) is 18.8. The lowest BCUT2D eigenvalue weighted by atomic mass is 9.81. The van der Waals surface area contributed by atoms with Crippen molar-refractivity contribution < 1.29 is 9.59 Å². The van der Waals surface area contributed by atoms with E-state index in [0.29, 0.717) is 35.2 Å². The van der Waals surface area contributed by atoms with Crippen LogP contribution >= 0.6 is 0 Å². The average Bonchev–Trinajstić information content (AvgIpc) is 3.45. The molecule has 4 fully saturated rings. The highest BCUT2D eigenvalue weighted by molar-refractivity contribution is 5.82. The Morgan fingerprint density at radius 3 is 2.00 bits per heavy atom. The summed E-state index contributed by atoms with van der Waals surface area (Å²) in [5, 5.41) is 0. The summed E-state index contributed by atoms with van der Waals surface area (Å²) in [6.07, 6.45) is 13.3. The number of allylic oxidation sites excluding steroid dienone is 4. The molecule has 26 heavy (non-hydrogen) atoms. The molecule has 0 amide bonds. The molecule has 0 N–H and O–H groups in total. The van der Waals surface area contributed by atoms with E-state index in [9.17, 15) is 9.59 Å². The summed E-state index contributed by atoms with van der Waals surface area (Å²) in [4.78, 5) is 23.2. The second-order valence-electron chi connectivity index (χ2n) is 8.86. The second-order valence-corrected chi connectivity index (χ2v) is 8.86. The molecule has 4 rings (SSSR count). The van der Waals surface area contributed by atoms with Gasteiger partial charge in [0.15, 0.2) is 0 Å². The smallest absolute Gasteiger partial charge is 0.136 e. The maximum Gasteiger partial charge on any atom is 0.136 e. The van der Waals surface area contributed by atoms with Crippen LogP contribution in [0.1, 0.15) is 79.1 Å². The predicted octanol–water partition coefficient (Wildman–Crippen LogP) is 5.92. The first kappa shape index (κ1) is 19.6. The number of carbonyl (C=O) groups excluding carboxylic acids is 2. The summed E-state index contributed by atoms with van der Waals surface area (Å²) < 4.78 is 0. The summed E-state index contributed by atoms with van der Waals surface area (Å²) >= 11 is 0. The molecule has 4 bridgehead atoms. The summed E-state index contributed by atoms with van der Waals surface area (Å²) in [7, 11) is 0. The summed E-state index contributed by atoms with van der Waals surface area (Å²) in [5.41, 5.74) is 3.17. The Hall–Kier alpha value is -1.18. The van der Waals surface area contributed by atoms with Crippen molar-refractivity contribution in [1.29, 1.82) is 0 Å². The average molecular weight is 357 g/mol. The van der Waals surface area contributed by atoms with E-state index in [1.165, 1.54) is 32.1 Å². The Kier molecular flexibility index (Phi) is 6.20. The molecule has 4 saturated carbocycles. The van der Waals surface area contributed by atoms with Crippen LogP contribution in [-0.4, -0.2) is 11.6 Å². The molecule has 144 valence electrons. The van der Waals surface area contributed by atoms with Crippen LogP contribution in [0.25, 0.3) is 0 Å². The number of Topliss-reactive ketones (excluding diaryl/α,β-unsaturated/α-hetero) is 2. The van der Waals surface area contributed by atoms with Gasteiger partial charge in [-0.3, -0.25) is 9.59 Å². The fourth-order valence-corrected chi connectivity index (χ4v) is 6.29. The minimum atomic E-state index is 0.384. The maximum absolute atomic E-state index is 11.6. The Balaban J connectivity index is 0.000000151. The molecule has 2 nitrogen and oxygen atoms in total. The van der Waals surface area contributed by atoms with Crippen molar-refractivity contribution in [3.8, 4) is 0 Å². The van der Waals surface area contributed by atoms with Gasteiger partial charge in [0.05, 0.1) is 0 Å². The molecular weight excluding hydrogens is 320 g/mol. The molecule has 0 aromatic rings. The number of hydrogen-bond donors (Lipinski definition) is 0. The van der Waals surface area contributed by atoms with E-state index < -0.39 is 0 Å². The van der Waals surface area contributed by atoms with Gasteiger partial charge in [-0.2, -0.15) is 0 Å². The maximum atomic E-state index is 11.6. The van der Waals surface area contributed by atoms with Gasteiger partial charge in [-0.05, 0) is 76.0 Å². The van der Waals surface area contributed by atoms with Gasteiger partial charge >= 0.3 is 0 Å². The molecule has 0 aromatic carbocycles. The molecule has 0 radical (unpaired) electrons. The second kappa shape index (κ2) is 8.23. The van der Waals surface area contributed by atoms with Gasteiger partial charge in [-0.25, -0.2) is 0 Å². The fraction of sp³-hybridized carbons (Fsp3) is 0.750. The zero-order valence-corrected chi connectivity index (χ0v) is 17.1. The molecular formula is C24H36O2. The van der Waals surface area contributed by atoms with Gasteiger partial charge in [-0.1, -0.05) is 37.1 Å². The van der Waals surface area contributed by atoms with Crippen LogP contribution in [0.5, 0.6) is 0 Å². The van der Waals surface area contributed by atoms with Crippen molar-refractivity contribution in [2.45, 2.75) is 79.1 Å². The number of ketones is 2. The van der Waals surface area contributed by atoms with Crippen LogP contribution in [0, 0.1) is 35.5 Å². The van der Waals surface area contributed by atoms with Crippen LogP contribution < -0.4 is 0 Å². The Labute approximate surface area is 159 Å². The van der Waals surface area contributed by atoms with E-state index in [1.807, 2.05) is 13.8 Å². The van der Waals surface area contributed by atoms with Crippen LogP contribution in [-0.2, 0) is 9.59 Å². The Morgan fingerprint density at radius 1 is 0.846 bits per heavy atom. The van der Waals surface area contributed by atoms with Gasteiger partial charge in [0.2, 0.25) is 0 Å². The molecule has 0 aliphatic heterocycles. The minimum Gasteiger partial charge on any atom is -0.299 e. The van der Waals surface area contributed by atoms with Crippen LogP contribution in [0.15, 0.2) is 23.3 Å². The lowest BCUT2D eigenvalue weighted by Gasteiger charge is -2.22. The quantitative estimate of drug-likeness (QED) is 0.586. The third kappa shape index (κ3) is 3.62. The van der Waals surface area contributed by atoms with Crippen LogP contribution in [0.4, 0.5) is 0 Å². The van der Waals surface area contributed by atoms with Crippen LogP contribution in [0.3, 0.4) is 0 Å². The number of fused-ring (bicyclic) bond motifs is 4.